The molecule has 130 valence electrons. The summed E-state index contributed by atoms with van der Waals surface area (Å²) < 4.78 is 10.5. The second-order valence-electron chi connectivity index (χ2n) is 5.70. The highest BCUT2D eigenvalue weighted by Crippen LogP contribution is 2.29. The van der Waals surface area contributed by atoms with Crippen LogP contribution in [0.15, 0.2) is 47.6 Å². The number of nitrogens with zero attached hydrogens (tertiary/aromatic N) is 1. The Hall–Kier alpha value is -2.60. The van der Waals surface area contributed by atoms with Crippen molar-refractivity contribution in [1.82, 2.24) is 5.43 Å². The fourth-order valence-electron chi connectivity index (χ4n) is 2.91. The quantitative estimate of drug-likeness (QED) is 0.646. The summed E-state index contributed by atoms with van der Waals surface area (Å²) in [5.41, 5.74) is 7.33. The number of nitrogens with one attached hydrogen (secondary N) is 2. The number of hydrazone groups is 1. The lowest BCUT2D eigenvalue weighted by Gasteiger charge is -2.18. The highest BCUT2D eigenvalue weighted by atomic mass is 32.1. The minimum atomic E-state index is 0.433. The number of aryl methyl sites for hydroxylation is 1. The van der Waals surface area contributed by atoms with E-state index in [1.54, 1.807) is 14.2 Å². The smallest absolute Gasteiger partial charge is 0.191 e. The van der Waals surface area contributed by atoms with E-state index in [4.69, 9.17) is 21.7 Å². The molecule has 0 radical (unpaired) electrons. The molecular formula is C19H21N3O2S. The number of hydrogen-bond donors (Lipinski definition) is 2. The molecule has 3 rings (SSSR count). The van der Waals surface area contributed by atoms with Gasteiger partial charge in [-0.15, -0.1) is 0 Å². The maximum absolute atomic E-state index is 5.34. The van der Waals surface area contributed by atoms with Gasteiger partial charge in [-0.2, -0.15) is 5.10 Å². The van der Waals surface area contributed by atoms with Crippen molar-refractivity contribution in [2.75, 3.05) is 19.5 Å². The van der Waals surface area contributed by atoms with Crippen LogP contribution in [0.5, 0.6) is 11.5 Å². The van der Waals surface area contributed by atoms with E-state index in [0.29, 0.717) is 16.6 Å². The van der Waals surface area contributed by atoms with Crippen LogP contribution in [0.3, 0.4) is 0 Å². The maximum atomic E-state index is 5.34. The SMILES string of the molecule is COc1ccc(NC(=S)NN=C2CCCc3ccccc32)cc1OC. The zero-order valence-electron chi connectivity index (χ0n) is 14.3. The molecule has 2 N–H and O–H groups in total. The summed E-state index contributed by atoms with van der Waals surface area (Å²) in [6.45, 7) is 0. The molecule has 0 aliphatic heterocycles. The van der Waals surface area contributed by atoms with Crippen LogP contribution in [-0.2, 0) is 6.42 Å². The van der Waals surface area contributed by atoms with Crippen LogP contribution < -0.4 is 20.2 Å². The van der Waals surface area contributed by atoms with Gasteiger partial charge in [0.1, 0.15) is 0 Å². The first kappa shape index (κ1) is 17.2. The van der Waals surface area contributed by atoms with Gasteiger partial charge >= 0.3 is 0 Å². The number of thiocarbonyl (C=S) groups is 1. The average molecular weight is 355 g/mol. The van der Waals surface area contributed by atoms with Crippen LogP contribution in [0.1, 0.15) is 24.0 Å². The van der Waals surface area contributed by atoms with Gasteiger partial charge in [-0.25, -0.2) is 0 Å². The highest BCUT2D eigenvalue weighted by molar-refractivity contribution is 7.80. The van der Waals surface area contributed by atoms with E-state index in [-0.39, 0.29) is 0 Å². The van der Waals surface area contributed by atoms with Crippen molar-refractivity contribution in [1.29, 1.82) is 0 Å². The number of rotatable bonds is 4. The predicted molar refractivity (Wildman–Crippen MR) is 105 cm³/mol. The third-order valence-corrected chi connectivity index (χ3v) is 4.32. The fraction of sp³-hybridized carbons (Fsp3) is 0.263. The van der Waals surface area contributed by atoms with Crippen LogP contribution in [0.25, 0.3) is 0 Å². The fourth-order valence-corrected chi connectivity index (χ4v) is 3.07. The van der Waals surface area contributed by atoms with Crippen LogP contribution in [-0.4, -0.2) is 25.0 Å². The lowest BCUT2D eigenvalue weighted by molar-refractivity contribution is 0.355. The van der Waals surface area contributed by atoms with Crippen LogP contribution >= 0.6 is 12.2 Å². The normalized spacial score (nSPS) is 14.6. The van der Waals surface area contributed by atoms with Gasteiger partial charge in [0.25, 0.3) is 0 Å². The summed E-state index contributed by atoms with van der Waals surface area (Å²) in [5, 5.41) is 8.05. The molecule has 2 aromatic rings. The van der Waals surface area contributed by atoms with E-state index in [0.717, 1.165) is 30.7 Å². The van der Waals surface area contributed by atoms with Gasteiger partial charge < -0.3 is 14.8 Å². The summed E-state index contributed by atoms with van der Waals surface area (Å²) in [6, 6.07) is 13.9. The standard InChI is InChI=1S/C19H21N3O2S/c1-23-17-11-10-14(12-18(17)24-2)20-19(25)22-21-16-9-5-7-13-6-3-4-8-15(13)16/h3-4,6,8,10-12H,5,7,9H2,1-2H3,(H2,20,22,25). The molecule has 0 unspecified atom stereocenters. The lowest BCUT2D eigenvalue weighted by Crippen LogP contribution is -2.26. The Morgan fingerprint density at radius 2 is 1.84 bits per heavy atom. The van der Waals surface area contributed by atoms with E-state index >= 15 is 0 Å². The first-order valence-corrected chi connectivity index (χ1v) is 8.56. The first-order valence-electron chi connectivity index (χ1n) is 8.15. The molecule has 1 aliphatic rings. The van der Waals surface area contributed by atoms with E-state index in [1.807, 2.05) is 24.3 Å². The number of fused-ring (bicyclic) bond motifs is 1. The second-order valence-corrected chi connectivity index (χ2v) is 6.11. The number of hydrogen-bond acceptors (Lipinski definition) is 4. The third-order valence-electron chi connectivity index (χ3n) is 4.12. The molecule has 0 saturated carbocycles. The summed E-state index contributed by atoms with van der Waals surface area (Å²) in [7, 11) is 3.21. The molecule has 1 aliphatic carbocycles. The molecule has 0 bridgehead atoms. The molecule has 0 heterocycles. The summed E-state index contributed by atoms with van der Waals surface area (Å²) in [5.74, 6) is 1.31. The molecular weight excluding hydrogens is 334 g/mol. The van der Waals surface area contributed by atoms with Crippen LogP contribution in [0.4, 0.5) is 5.69 Å². The molecule has 0 aromatic heterocycles. The largest absolute Gasteiger partial charge is 0.493 e. The number of ether oxygens (including phenoxy) is 2. The number of anilines is 1. The van der Waals surface area contributed by atoms with Gasteiger partial charge in [-0.3, -0.25) is 5.43 Å². The minimum absolute atomic E-state index is 0.433. The summed E-state index contributed by atoms with van der Waals surface area (Å²) >= 11 is 5.34. The Bertz CT molecular complexity index is 805. The minimum Gasteiger partial charge on any atom is -0.493 e. The topological polar surface area (TPSA) is 54.9 Å². The third kappa shape index (κ3) is 4.09. The van der Waals surface area contributed by atoms with Crippen molar-refractivity contribution >= 4 is 28.7 Å². The zero-order chi connectivity index (χ0) is 17.6. The lowest BCUT2D eigenvalue weighted by atomic mass is 9.90. The van der Waals surface area contributed by atoms with Crippen LogP contribution in [0, 0.1) is 0 Å². The molecule has 0 atom stereocenters. The Morgan fingerprint density at radius 3 is 2.64 bits per heavy atom. The zero-order valence-corrected chi connectivity index (χ0v) is 15.2. The number of methoxy groups -OCH3 is 2. The van der Waals surface area contributed by atoms with E-state index in [9.17, 15) is 0 Å². The van der Waals surface area contributed by atoms with Crippen molar-refractivity contribution < 1.29 is 9.47 Å². The van der Waals surface area contributed by atoms with Crippen molar-refractivity contribution in [2.24, 2.45) is 5.10 Å². The van der Waals surface area contributed by atoms with Gasteiger partial charge in [0.15, 0.2) is 16.6 Å². The van der Waals surface area contributed by atoms with Crippen molar-refractivity contribution in [3.8, 4) is 11.5 Å². The maximum Gasteiger partial charge on any atom is 0.191 e. The van der Waals surface area contributed by atoms with E-state index in [1.165, 1.54) is 11.1 Å². The monoisotopic (exact) mass is 355 g/mol. The van der Waals surface area contributed by atoms with E-state index in [2.05, 4.69) is 34.0 Å². The van der Waals surface area contributed by atoms with E-state index < -0.39 is 0 Å². The molecule has 0 amide bonds. The summed E-state index contributed by atoms with van der Waals surface area (Å²) in [4.78, 5) is 0. The average Bonchev–Trinajstić information content (AvgIpc) is 2.66. The summed E-state index contributed by atoms with van der Waals surface area (Å²) in [6.07, 6.45) is 3.15. The second kappa shape index (κ2) is 7.98. The highest BCUT2D eigenvalue weighted by Gasteiger charge is 2.14. The predicted octanol–water partition coefficient (Wildman–Crippen LogP) is 3.73. The van der Waals surface area contributed by atoms with Crippen molar-refractivity contribution in [3.05, 3.63) is 53.6 Å². The van der Waals surface area contributed by atoms with Gasteiger partial charge in [0.05, 0.1) is 19.9 Å². The molecule has 5 nitrogen and oxygen atoms in total. The Kier molecular flexibility index (Phi) is 5.50. The van der Waals surface area contributed by atoms with Gasteiger partial charge in [-0.05, 0) is 49.2 Å². The van der Waals surface area contributed by atoms with Gasteiger partial charge in [0, 0.05) is 17.3 Å². The Morgan fingerprint density at radius 1 is 1.04 bits per heavy atom. The van der Waals surface area contributed by atoms with Gasteiger partial charge in [0.2, 0.25) is 0 Å². The molecule has 2 aromatic carbocycles. The molecule has 6 heteroatoms. The number of benzene rings is 2. The molecule has 0 saturated heterocycles. The molecule has 0 fully saturated rings. The molecule has 0 spiro atoms. The van der Waals surface area contributed by atoms with Crippen molar-refractivity contribution in [2.45, 2.75) is 19.3 Å². The van der Waals surface area contributed by atoms with Crippen LogP contribution in [0.2, 0.25) is 0 Å². The molecule has 25 heavy (non-hydrogen) atoms. The first-order chi connectivity index (χ1) is 12.2. The van der Waals surface area contributed by atoms with Crippen molar-refractivity contribution in [3.63, 3.8) is 0 Å². The Labute approximate surface area is 153 Å². The van der Waals surface area contributed by atoms with Gasteiger partial charge in [-0.1, -0.05) is 24.3 Å². The Balaban J connectivity index is 1.68.